The van der Waals surface area contributed by atoms with Crippen molar-refractivity contribution in [2.24, 2.45) is 11.8 Å². The Morgan fingerprint density at radius 3 is 1.71 bits per heavy atom. The van der Waals surface area contributed by atoms with Crippen molar-refractivity contribution in [3.63, 3.8) is 0 Å². The number of hydrogen-bond acceptors (Lipinski definition) is 6. The van der Waals surface area contributed by atoms with Gasteiger partial charge >= 0.3 is 5.97 Å². The fourth-order valence-corrected chi connectivity index (χ4v) is 7.26. The van der Waals surface area contributed by atoms with Gasteiger partial charge in [0.15, 0.2) is 0 Å². The highest BCUT2D eigenvalue weighted by Gasteiger charge is 2.73. The summed E-state index contributed by atoms with van der Waals surface area (Å²) >= 11 is 14.8. The van der Waals surface area contributed by atoms with Crippen molar-refractivity contribution >= 4 is 46.7 Å². The molecule has 3 aromatic rings. The van der Waals surface area contributed by atoms with Crippen LogP contribution >= 0.6 is 23.2 Å². The molecule has 7 rings (SSSR count). The minimum absolute atomic E-state index is 0.0917. The van der Waals surface area contributed by atoms with Gasteiger partial charge in [0.1, 0.15) is 22.4 Å². The maximum absolute atomic E-state index is 13.9. The zero-order valence-electron chi connectivity index (χ0n) is 20.0. The predicted molar refractivity (Wildman–Crippen MR) is 137 cm³/mol. The molecule has 0 unspecified atom stereocenters. The van der Waals surface area contributed by atoms with Crippen LogP contribution in [-0.4, -0.2) is 33.6 Å². The normalized spacial score (nSPS) is 27.4. The fourth-order valence-electron chi connectivity index (χ4n) is 6.16. The van der Waals surface area contributed by atoms with E-state index in [4.69, 9.17) is 27.9 Å². The number of rotatable bonds is 5. The molecule has 10 heteroatoms. The Kier molecular flexibility index (Phi) is 5.42. The summed E-state index contributed by atoms with van der Waals surface area (Å²) in [6.45, 7) is 1.25. The number of amides is 2. The number of nitro benzene ring substituents is 1. The highest BCUT2D eigenvalue weighted by molar-refractivity contribution is 6.36. The number of nitro groups is 1. The first-order valence-corrected chi connectivity index (χ1v) is 12.7. The maximum atomic E-state index is 13.9. The molecule has 2 bridgehead atoms. The average Bonchev–Trinajstić information content (AvgIpc) is 3.21. The van der Waals surface area contributed by atoms with E-state index in [1.807, 2.05) is 48.5 Å². The number of hydrogen-bond donors (Lipinski definition) is 0. The van der Waals surface area contributed by atoms with Crippen molar-refractivity contribution in [2.45, 2.75) is 29.3 Å². The smallest absolute Gasteiger partial charge is 0.329 e. The monoisotopic (exact) mass is 550 g/mol. The van der Waals surface area contributed by atoms with Crippen molar-refractivity contribution in [3.8, 4) is 0 Å². The average molecular weight is 551 g/mol. The van der Waals surface area contributed by atoms with Gasteiger partial charge in [-0.1, -0.05) is 48.5 Å². The number of halogens is 2. The summed E-state index contributed by atoms with van der Waals surface area (Å²) in [4.78, 5) is 49.4. The molecule has 8 nitrogen and oxygen atoms in total. The summed E-state index contributed by atoms with van der Waals surface area (Å²) in [6, 6.07) is 18.9. The first kappa shape index (κ1) is 24.6. The van der Waals surface area contributed by atoms with Crippen LogP contribution < -0.4 is 0 Å². The Morgan fingerprint density at radius 1 is 0.895 bits per heavy atom. The second-order valence-corrected chi connectivity index (χ2v) is 10.9. The molecule has 192 valence electrons. The highest BCUT2D eigenvalue weighted by atomic mass is 35.5. The van der Waals surface area contributed by atoms with Crippen LogP contribution in [0.1, 0.15) is 34.7 Å². The number of carbonyl (C=O) groups is 3. The molecule has 0 aromatic heterocycles. The molecule has 3 atom stereocenters. The summed E-state index contributed by atoms with van der Waals surface area (Å²) in [5.74, 6) is -3.97. The molecule has 1 fully saturated rings. The lowest BCUT2D eigenvalue weighted by Gasteiger charge is -2.54. The predicted octanol–water partition coefficient (Wildman–Crippen LogP) is 4.62. The number of alkyl halides is 2. The second kappa shape index (κ2) is 8.38. The zero-order chi connectivity index (χ0) is 27.0. The first-order valence-electron chi connectivity index (χ1n) is 12.0. The quantitative estimate of drug-likeness (QED) is 0.151. The Balaban J connectivity index is 1.33. The lowest BCUT2D eigenvalue weighted by atomic mass is 9.54. The summed E-state index contributed by atoms with van der Waals surface area (Å²) < 4.78 is 5.38. The van der Waals surface area contributed by atoms with Crippen molar-refractivity contribution in [1.29, 1.82) is 0 Å². The number of benzene rings is 3. The molecule has 1 saturated heterocycles. The van der Waals surface area contributed by atoms with Gasteiger partial charge in [-0.05, 0) is 46.9 Å². The molecule has 3 aliphatic carbocycles. The van der Waals surface area contributed by atoms with Crippen LogP contribution in [0.5, 0.6) is 0 Å². The van der Waals surface area contributed by atoms with E-state index in [1.165, 1.54) is 31.2 Å². The third-order valence-corrected chi connectivity index (χ3v) is 9.16. The Morgan fingerprint density at radius 2 is 1.32 bits per heavy atom. The third kappa shape index (κ3) is 3.07. The van der Waals surface area contributed by atoms with Gasteiger partial charge in [-0.25, -0.2) is 4.79 Å². The summed E-state index contributed by atoms with van der Waals surface area (Å²) in [7, 11) is 0. The number of ether oxygens (including phenoxy) is 1. The summed E-state index contributed by atoms with van der Waals surface area (Å²) in [5, 5.41) is 10.9. The highest BCUT2D eigenvalue weighted by Crippen LogP contribution is 2.69. The molecule has 1 aliphatic heterocycles. The lowest BCUT2D eigenvalue weighted by Crippen LogP contribution is -2.57. The van der Waals surface area contributed by atoms with E-state index in [0.29, 0.717) is 27.8 Å². The summed E-state index contributed by atoms with van der Waals surface area (Å²) in [6.07, 6.45) is 0. The Hall–Kier alpha value is -3.75. The van der Waals surface area contributed by atoms with Crippen LogP contribution in [0.3, 0.4) is 0 Å². The van der Waals surface area contributed by atoms with E-state index in [1.54, 1.807) is 0 Å². The number of esters is 1. The number of non-ortho nitro benzene ring substituents is 1. The standard InChI is InChI=1S/C28H20Cl2N2O6/c1-15(26(35)38-14-16-10-12-17(13-11-16)32(36)37)31-24(33)22-23(25(31)34)28(30)19-7-3-2-6-18(19)27(22,29)20-8-4-5-9-21(20)28/h2-13,15,22-23H,14H2,1H3/t15-,22+,23+,27?,28?/m1/s1. The minimum Gasteiger partial charge on any atom is -0.459 e. The van der Waals surface area contributed by atoms with Gasteiger partial charge in [0.25, 0.3) is 5.69 Å². The van der Waals surface area contributed by atoms with Gasteiger partial charge in [-0.2, -0.15) is 0 Å². The van der Waals surface area contributed by atoms with Crippen LogP contribution in [0.4, 0.5) is 5.69 Å². The summed E-state index contributed by atoms with van der Waals surface area (Å²) in [5.41, 5.74) is 3.13. The van der Waals surface area contributed by atoms with Crippen LogP contribution in [-0.2, 0) is 35.5 Å². The Labute approximate surface area is 227 Å². The van der Waals surface area contributed by atoms with E-state index in [0.717, 1.165) is 4.90 Å². The molecule has 3 aromatic carbocycles. The molecular formula is C28H20Cl2N2O6. The van der Waals surface area contributed by atoms with E-state index >= 15 is 0 Å². The van der Waals surface area contributed by atoms with Crippen LogP contribution in [0, 0.1) is 22.0 Å². The van der Waals surface area contributed by atoms with Gasteiger partial charge in [0.05, 0.1) is 16.8 Å². The molecule has 0 spiro atoms. The van der Waals surface area contributed by atoms with Crippen molar-refractivity contribution in [2.75, 3.05) is 0 Å². The van der Waals surface area contributed by atoms with Crippen molar-refractivity contribution < 1.29 is 24.0 Å². The molecule has 1 heterocycles. The van der Waals surface area contributed by atoms with Crippen LogP contribution in [0.25, 0.3) is 0 Å². The third-order valence-electron chi connectivity index (χ3n) is 7.88. The maximum Gasteiger partial charge on any atom is 0.329 e. The largest absolute Gasteiger partial charge is 0.459 e. The number of imide groups is 1. The molecular weight excluding hydrogens is 531 g/mol. The fraction of sp³-hybridized carbons (Fsp3) is 0.250. The molecule has 4 aliphatic rings. The van der Waals surface area contributed by atoms with E-state index < -0.39 is 50.3 Å². The van der Waals surface area contributed by atoms with Gasteiger partial charge in [-0.15, -0.1) is 23.2 Å². The molecule has 0 saturated carbocycles. The van der Waals surface area contributed by atoms with Gasteiger partial charge < -0.3 is 4.74 Å². The molecule has 38 heavy (non-hydrogen) atoms. The second-order valence-electron chi connectivity index (χ2n) is 9.72. The van der Waals surface area contributed by atoms with Crippen LogP contribution in [0.2, 0.25) is 0 Å². The SMILES string of the molecule is C[C@H](C(=O)OCc1ccc([N+](=O)[O-])cc1)N1C(=O)[C@@H]2[C@@H](C1=O)C1(Cl)c3ccccc3C2(Cl)c2ccccc21. The molecule has 0 radical (unpaired) electrons. The van der Waals surface area contributed by atoms with E-state index in [-0.39, 0.29) is 12.3 Å². The molecule has 2 amide bonds. The van der Waals surface area contributed by atoms with E-state index in [9.17, 15) is 24.5 Å². The van der Waals surface area contributed by atoms with Crippen molar-refractivity contribution in [1.82, 2.24) is 4.90 Å². The number of carbonyl (C=O) groups excluding carboxylic acids is 3. The topological polar surface area (TPSA) is 107 Å². The number of nitrogens with zero attached hydrogens (tertiary/aromatic N) is 2. The van der Waals surface area contributed by atoms with Crippen LogP contribution in [0.15, 0.2) is 72.8 Å². The van der Waals surface area contributed by atoms with Gasteiger partial charge in [0.2, 0.25) is 11.8 Å². The first-order chi connectivity index (χ1) is 18.1. The Bertz CT molecular complexity index is 1420. The molecule has 0 N–H and O–H groups in total. The minimum atomic E-state index is -1.33. The van der Waals surface area contributed by atoms with Gasteiger partial charge in [0, 0.05) is 12.1 Å². The number of likely N-dealkylation sites (tertiary alicyclic amines) is 1. The van der Waals surface area contributed by atoms with Crippen molar-refractivity contribution in [3.05, 3.63) is 111 Å². The van der Waals surface area contributed by atoms with Gasteiger partial charge in [-0.3, -0.25) is 24.6 Å². The van der Waals surface area contributed by atoms with E-state index in [2.05, 4.69) is 0 Å². The lowest BCUT2D eigenvalue weighted by molar-refractivity contribution is -0.384. The zero-order valence-corrected chi connectivity index (χ0v) is 21.5.